The Morgan fingerprint density at radius 3 is 2.22 bits per heavy atom. The van der Waals surface area contributed by atoms with Gasteiger partial charge in [-0.2, -0.15) is 0 Å². The van der Waals surface area contributed by atoms with Crippen LogP contribution in [0.25, 0.3) is 11.6 Å². The van der Waals surface area contributed by atoms with Gasteiger partial charge in [-0.05, 0) is 34.9 Å². The molecule has 1 nitrogen and oxygen atoms in total. The Morgan fingerprint density at radius 1 is 1.00 bits per heavy atom. The summed E-state index contributed by atoms with van der Waals surface area (Å²) in [4.78, 5) is 0. The van der Waals surface area contributed by atoms with E-state index < -0.39 is 0 Å². The van der Waals surface area contributed by atoms with Gasteiger partial charge in [-0.15, -0.1) is 0 Å². The van der Waals surface area contributed by atoms with Gasteiger partial charge in [-0.1, -0.05) is 55.1 Å². The van der Waals surface area contributed by atoms with Gasteiger partial charge in [0.05, 0.1) is 7.11 Å². The predicted molar refractivity (Wildman–Crippen MR) is 77.5 cm³/mol. The van der Waals surface area contributed by atoms with Crippen LogP contribution in [0.4, 0.5) is 0 Å². The molecule has 18 heavy (non-hydrogen) atoms. The maximum atomic E-state index is 5.16. The van der Waals surface area contributed by atoms with E-state index in [4.69, 9.17) is 4.74 Å². The third kappa shape index (κ3) is 2.89. The van der Waals surface area contributed by atoms with Gasteiger partial charge in [0.25, 0.3) is 0 Å². The minimum atomic E-state index is 0.863. The Balaban J connectivity index is 2.33. The molecule has 0 saturated carbocycles. The van der Waals surface area contributed by atoms with E-state index in [0.717, 1.165) is 16.9 Å². The molecule has 2 aromatic rings. The van der Waals surface area contributed by atoms with Crippen LogP contribution in [0.1, 0.15) is 11.1 Å². The molecular weight excluding hydrogens is 220 g/mol. The molecule has 0 saturated heterocycles. The summed E-state index contributed by atoms with van der Waals surface area (Å²) in [6, 6.07) is 18.2. The lowest BCUT2D eigenvalue weighted by molar-refractivity contribution is 0.415. The van der Waals surface area contributed by atoms with Gasteiger partial charge in [0.15, 0.2) is 0 Å². The van der Waals surface area contributed by atoms with Crippen molar-refractivity contribution in [3.63, 3.8) is 0 Å². The molecule has 0 atom stereocenters. The van der Waals surface area contributed by atoms with E-state index in [0.29, 0.717) is 0 Å². The molecule has 2 rings (SSSR count). The summed E-state index contributed by atoms with van der Waals surface area (Å²) in [5, 5.41) is 0. The molecule has 0 unspecified atom stereocenters. The van der Waals surface area contributed by atoms with E-state index in [9.17, 15) is 0 Å². The Morgan fingerprint density at radius 2 is 1.67 bits per heavy atom. The summed E-state index contributed by atoms with van der Waals surface area (Å²) in [6.45, 7) is 3.88. The van der Waals surface area contributed by atoms with Gasteiger partial charge >= 0.3 is 0 Å². The summed E-state index contributed by atoms with van der Waals surface area (Å²) in [6.07, 6.45) is 3.99. The molecule has 0 aromatic heterocycles. The average Bonchev–Trinajstić information content (AvgIpc) is 2.46. The molecule has 0 radical (unpaired) electrons. The van der Waals surface area contributed by atoms with Gasteiger partial charge in [0, 0.05) is 0 Å². The first-order valence-electron chi connectivity index (χ1n) is 5.87. The number of rotatable bonds is 4. The molecular formula is C17H16O. The monoisotopic (exact) mass is 236 g/mol. The highest BCUT2D eigenvalue weighted by molar-refractivity contribution is 5.87. The second-order valence-electron chi connectivity index (χ2n) is 3.94. The van der Waals surface area contributed by atoms with E-state index >= 15 is 0 Å². The molecule has 90 valence electrons. The number of hydrogen-bond acceptors (Lipinski definition) is 1. The zero-order valence-electron chi connectivity index (χ0n) is 10.5. The highest BCUT2D eigenvalue weighted by atomic mass is 16.5. The fourth-order valence-corrected chi connectivity index (χ4v) is 1.77. The van der Waals surface area contributed by atoms with Crippen molar-refractivity contribution in [1.82, 2.24) is 0 Å². The first kappa shape index (κ1) is 12.2. The van der Waals surface area contributed by atoms with Gasteiger partial charge < -0.3 is 4.74 Å². The van der Waals surface area contributed by atoms with Crippen molar-refractivity contribution in [1.29, 1.82) is 0 Å². The second kappa shape index (κ2) is 5.87. The minimum Gasteiger partial charge on any atom is -0.497 e. The summed E-state index contributed by atoms with van der Waals surface area (Å²) in [7, 11) is 1.67. The molecule has 0 spiro atoms. The molecule has 2 aromatic carbocycles. The standard InChI is InChI=1S/C17H16O/c1-3-15(13-14-7-5-4-6-8-14)16-9-11-17(18-2)12-10-16/h3-13H,1H2,2H3/b15-13-. The highest BCUT2D eigenvalue weighted by Crippen LogP contribution is 2.21. The van der Waals surface area contributed by atoms with Crippen molar-refractivity contribution in [2.45, 2.75) is 0 Å². The van der Waals surface area contributed by atoms with Crippen LogP contribution in [0.2, 0.25) is 0 Å². The highest BCUT2D eigenvalue weighted by Gasteiger charge is 1.98. The fraction of sp³-hybridized carbons (Fsp3) is 0.0588. The zero-order valence-corrected chi connectivity index (χ0v) is 10.5. The molecule has 0 amide bonds. The SMILES string of the molecule is C=C/C(=C/c1ccccc1)c1ccc(OC)cc1. The van der Waals surface area contributed by atoms with Crippen LogP contribution in [0.3, 0.4) is 0 Å². The van der Waals surface area contributed by atoms with E-state index in [1.807, 2.05) is 48.5 Å². The largest absolute Gasteiger partial charge is 0.497 e. The van der Waals surface area contributed by atoms with Gasteiger partial charge in [0.2, 0.25) is 0 Å². The Kier molecular flexibility index (Phi) is 3.98. The number of ether oxygens (including phenoxy) is 1. The number of allylic oxidation sites excluding steroid dienone is 2. The summed E-state index contributed by atoms with van der Waals surface area (Å²) in [5.41, 5.74) is 3.40. The Hall–Kier alpha value is -2.28. The summed E-state index contributed by atoms with van der Waals surface area (Å²) >= 11 is 0. The van der Waals surface area contributed by atoms with Crippen LogP contribution in [-0.2, 0) is 0 Å². The molecule has 0 bridgehead atoms. The van der Waals surface area contributed by atoms with Gasteiger partial charge in [-0.3, -0.25) is 0 Å². The Bertz CT molecular complexity index is 536. The molecule has 0 fully saturated rings. The second-order valence-corrected chi connectivity index (χ2v) is 3.94. The molecule has 0 N–H and O–H groups in total. The fourth-order valence-electron chi connectivity index (χ4n) is 1.77. The van der Waals surface area contributed by atoms with Crippen molar-refractivity contribution in [2.24, 2.45) is 0 Å². The maximum absolute atomic E-state index is 5.16. The van der Waals surface area contributed by atoms with Crippen LogP contribution >= 0.6 is 0 Å². The topological polar surface area (TPSA) is 9.23 Å². The number of methoxy groups -OCH3 is 1. The Labute approximate surface area is 108 Å². The van der Waals surface area contributed by atoms with Gasteiger partial charge in [0.1, 0.15) is 5.75 Å². The van der Waals surface area contributed by atoms with Crippen LogP contribution in [0.5, 0.6) is 5.75 Å². The third-order valence-electron chi connectivity index (χ3n) is 2.77. The lowest BCUT2D eigenvalue weighted by Crippen LogP contribution is -1.84. The van der Waals surface area contributed by atoms with Crippen molar-refractivity contribution >= 4 is 11.6 Å². The zero-order chi connectivity index (χ0) is 12.8. The molecule has 0 aliphatic rings. The van der Waals surface area contributed by atoms with Crippen molar-refractivity contribution in [2.75, 3.05) is 7.11 Å². The molecule has 1 heteroatoms. The van der Waals surface area contributed by atoms with Crippen molar-refractivity contribution < 1.29 is 4.74 Å². The van der Waals surface area contributed by atoms with E-state index in [2.05, 4.69) is 24.8 Å². The lowest BCUT2D eigenvalue weighted by Gasteiger charge is -2.05. The predicted octanol–water partition coefficient (Wildman–Crippen LogP) is 4.42. The van der Waals surface area contributed by atoms with E-state index in [-0.39, 0.29) is 0 Å². The minimum absolute atomic E-state index is 0.863. The summed E-state index contributed by atoms with van der Waals surface area (Å²) < 4.78 is 5.16. The first-order chi connectivity index (χ1) is 8.83. The van der Waals surface area contributed by atoms with Crippen molar-refractivity contribution in [3.8, 4) is 5.75 Å². The average molecular weight is 236 g/mol. The summed E-state index contributed by atoms with van der Waals surface area (Å²) in [5.74, 6) is 0.863. The number of hydrogen-bond donors (Lipinski definition) is 0. The molecule has 0 aliphatic carbocycles. The van der Waals surface area contributed by atoms with Crippen LogP contribution in [0.15, 0.2) is 67.3 Å². The normalized spacial score (nSPS) is 11.1. The smallest absolute Gasteiger partial charge is 0.118 e. The first-order valence-corrected chi connectivity index (χ1v) is 5.87. The lowest BCUT2D eigenvalue weighted by atomic mass is 10.0. The van der Waals surface area contributed by atoms with E-state index in [1.165, 1.54) is 5.56 Å². The number of benzene rings is 2. The van der Waals surface area contributed by atoms with Crippen LogP contribution in [0, 0.1) is 0 Å². The quantitative estimate of drug-likeness (QED) is 0.564. The van der Waals surface area contributed by atoms with Gasteiger partial charge in [-0.25, -0.2) is 0 Å². The van der Waals surface area contributed by atoms with Crippen molar-refractivity contribution in [3.05, 3.63) is 78.4 Å². The van der Waals surface area contributed by atoms with E-state index in [1.54, 1.807) is 7.11 Å². The maximum Gasteiger partial charge on any atom is 0.118 e. The molecule has 0 heterocycles. The third-order valence-corrected chi connectivity index (χ3v) is 2.77. The van der Waals surface area contributed by atoms with Crippen LogP contribution in [-0.4, -0.2) is 7.11 Å². The van der Waals surface area contributed by atoms with Crippen LogP contribution < -0.4 is 4.74 Å². The molecule has 0 aliphatic heterocycles.